The van der Waals surface area contributed by atoms with E-state index in [0.717, 1.165) is 37.5 Å². The molecule has 0 aliphatic carbocycles. The van der Waals surface area contributed by atoms with Gasteiger partial charge in [-0.05, 0) is 42.5 Å². The summed E-state index contributed by atoms with van der Waals surface area (Å²) in [5.41, 5.74) is 1.20. The van der Waals surface area contributed by atoms with E-state index >= 15 is 0 Å². The highest BCUT2D eigenvalue weighted by molar-refractivity contribution is 7.09. The van der Waals surface area contributed by atoms with E-state index in [2.05, 4.69) is 48.8 Å². The van der Waals surface area contributed by atoms with Gasteiger partial charge in [0.05, 0.1) is 13.7 Å². The minimum Gasteiger partial charge on any atom is -0.493 e. The predicted octanol–water partition coefficient (Wildman–Crippen LogP) is 4.79. The number of nitrogens with one attached hydrogen (secondary N) is 1. The summed E-state index contributed by atoms with van der Waals surface area (Å²) in [5, 5.41) is 5.64. The molecule has 0 bridgehead atoms. The topological polar surface area (TPSA) is 30.5 Å². The van der Waals surface area contributed by atoms with Crippen molar-refractivity contribution < 1.29 is 9.47 Å². The van der Waals surface area contributed by atoms with Crippen LogP contribution in [0.15, 0.2) is 35.7 Å². The van der Waals surface area contributed by atoms with Crippen LogP contribution in [0.5, 0.6) is 11.5 Å². The van der Waals surface area contributed by atoms with Crippen LogP contribution in [0.25, 0.3) is 0 Å². The fourth-order valence-electron chi connectivity index (χ4n) is 2.18. The smallest absolute Gasteiger partial charge is 0.161 e. The van der Waals surface area contributed by atoms with E-state index < -0.39 is 0 Å². The van der Waals surface area contributed by atoms with Crippen LogP contribution in [0.1, 0.15) is 43.2 Å². The normalized spacial score (nSPS) is 12.1. The minimum atomic E-state index is 0.265. The Hall–Kier alpha value is -1.52. The number of unbranched alkanes of at least 4 members (excludes halogenated alkanes) is 1. The Morgan fingerprint density at radius 1 is 1.23 bits per heavy atom. The van der Waals surface area contributed by atoms with Crippen molar-refractivity contribution in [3.63, 3.8) is 0 Å². The minimum absolute atomic E-state index is 0.265. The molecule has 1 aromatic carbocycles. The van der Waals surface area contributed by atoms with Crippen LogP contribution in [0.3, 0.4) is 0 Å². The third kappa shape index (κ3) is 4.75. The second kappa shape index (κ2) is 8.81. The molecule has 0 spiro atoms. The van der Waals surface area contributed by atoms with Crippen molar-refractivity contribution in [1.29, 1.82) is 0 Å². The van der Waals surface area contributed by atoms with Crippen LogP contribution in [0.4, 0.5) is 0 Å². The number of benzene rings is 1. The van der Waals surface area contributed by atoms with Gasteiger partial charge in [-0.3, -0.25) is 0 Å². The van der Waals surface area contributed by atoms with Crippen LogP contribution in [-0.2, 0) is 6.54 Å². The summed E-state index contributed by atoms with van der Waals surface area (Å²) in [6.45, 7) is 5.94. The third-order valence-corrected chi connectivity index (χ3v) is 4.48. The van der Waals surface area contributed by atoms with Crippen LogP contribution >= 0.6 is 11.3 Å². The Kier molecular flexibility index (Phi) is 6.74. The molecule has 1 aromatic heterocycles. The predicted molar refractivity (Wildman–Crippen MR) is 93.0 cm³/mol. The second-order valence-corrected chi connectivity index (χ2v) is 6.33. The zero-order valence-corrected chi connectivity index (χ0v) is 14.4. The Morgan fingerprint density at radius 2 is 2.09 bits per heavy atom. The number of ether oxygens (including phenoxy) is 2. The zero-order valence-electron chi connectivity index (χ0n) is 13.6. The average molecular weight is 319 g/mol. The molecular weight excluding hydrogens is 294 g/mol. The van der Waals surface area contributed by atoms with E-state index in [-0.39, 0.29) is 6.04 Å². The first kappa shape index (κ1) is 16.8. The summed E-state index contributed by atoms with van der Waals surface area (Å²) in [4.78, 5) is 1.35. The summed E-state index contributed by atoms with van der Waals surface area (Å²) in [5.74, 6) is 1.63. The van der Waals surface area contributed by atoms with Gasteiger partial charge in [0.25, 0.3) is 0 Å². The standard InChI is InChI=1S/C18H25NO2S/c1-4-5-10-21-17-9-8-15(12-18(17)20-3)14(2)19-13-16-7-6-11-22-16/h6-9,11-12,14,19H,4-5,10,13H2,1-3H3. The van der Waals surface area contributed by atoms with E-state index in [9.17, 15) is 0 Å². The van der Waals surface area contributed by atoms with Crippen LogP contribution in [-0.4, -0.2) is 13.7 Å². The number of hydrogen-bond donors (Lipinski definition) is 1. The molecule has 0 aliphatic heterocycles. The Morgan fingerprint density at radius 3 is 2.77 bits per heavy atom. The molecule has 2 rings (SSSR count). The molecule has 0 amide bonds. The van der Waals surface area contributed by atoms with Gasteiger partial charge in [-0.2, -0.15) is 0 Å². The van der Waals surface area contributed by atoms with Crippen LogP contribution in [0.2, 0.25) is 0 Å². The molecule has 120 valence electrons. The Labute approximate surface area is 137 Å². The Bertz CT molecular complexity index is 554. The van der Waals surface area contributed by atoms with Crippen molar-refractivity contribution in [3.05, 3.63) is 46.2 Å². The van der Waals surface area contributed by atoms with Gasteiger partial charge < -0.3 is 14.8 Å². The largest absolute Gasteiger partial charge is 0.493 e. The maximum atomic E-state index is 5.78. The average Bonchev–Trinajstić information content (AvgIpc) is 3.06. The molecule has 0 radical (unpaired) electrons. The molecule has 1 atom stereocenters. The Balaban J connectivity index is 1.98. The number of methoxy groups -OCH3 is 1. The maximum absolute atomic E-state index is 5.78. The fraction of sp³-hybridized carbons (Fsp3) is 0.444. The zero-order chi connectivity index (χ0) is 15.8. The molecule has 1 N–H and O–H groups in total. The first-order valence-corrected chi connectivity index (χ1v) is 8.69. The number of rotatable bonds is 9. The molecule has 0 saturated carbocycles. The lowest BCUT2D eigenvalue weighted by molar-refractivity contribution is 0.288. The molecule has 22 heavy (non-hydrogen) atoms. The van der Waals surface area contributed by atoms with Gasteiger partial charge in [0.2, 0.25) is 0 Å². The van der Waals surface area contributed by atoms with Crippen molar-refractivity contribution in [2.45, 2.75) is 39.3 Å². The van der Waals surface area contributed by atoms with E-state index in [1.807, 2.05) is 6.07 Å². The van der Waals surface area contributed by atoms with Crippen molar-refractivity contribution in [2.24, 2.45) is 0 Å². The van der Waals surface area contributed by atoms with Gasteiger partial charge in [-0.25, -0.2) is 0 Å². The molecular formula is C18H25NO2S. The van der Waals surface area contributed by atoms with Gasteiger partial charge in [-0.1, -0.05) is 25.5 Å². The number of thiophene rings is 1. The molecule has 2 aromatic rings. The summed E-state index contributed by atoms with van der Waals surface area (Å²) in [6, 6.07) is 10.7. The van der Waals surface area contributed by atoms with E-state index in [1.165, 1.54) is 10.4 Å². The van der Waals surface area contributed by atoms with Gasteiger partial charge in [0.15, 0.2) is 11.5 Å². The van der Waals surface area contributed by atoms with Gasteiger partial charge in [-0.15, -0.1) is 11.3 Å². The highest BCUT2D eigenvalue weighted by atomic mass is 32.1. The summed E-state index contributed by atoms with van der Waals surface area (Å²) < 4.78 is 11.2. The van der Waals surface area contributed by atoms with Crippen LogP contribution in [0, 0.1) is 0 Å². The summed E-state index contributed by atoms with van der Waals surface area (Å²) >= 11 is 1.77. The highest BCUT2D eigenvalue weighted by Crippen LogP contribution is 2.30. The summed E-state index contributed by atoms with van der Waals surface area (Å²) in [7, 11) is 1.69. The fourth-order valence-corrected chi connectivity index (χ4v) is 2.84. The van der Waals surface area contributed by atoms with Crippen molar-refractivity contribution in [1.82, 2.24) is 5.32 Å². The van der Waals surface area contributed by atoms with E-state index in [4.69, 9.17) is 9.47 Å². The molecule has 1 heterocycles. The SMILES string of the molecule is CCCCOc1ccc(C(C)NCc2cccs2)cc1OC. The third-order valence-electron chi connectivity index (χ3n) is 3.61. The lowest BCUT2D eigenvalue weighted by Gasteiger charge is -2.17. The quantitative estimate of drug-likeness (QED) is 0.674. The van der Waals surface area contributed by atoms with E-state index in [1.54, 1.807) is 18.4 Å². The first-order valence-electron chi connectivity index (χ1n) is 7.81. The van der Waals surface area contributed by atoms with Gasteiger partial charge >= 0.3 is 0 Å². The van der Waals surface area contributed by atoms with Gasteiger partial charge in [0, 0.05) is 17.5 Å². The van der Waals surface area contributed by atoms with Crippen molar-refractivity contribution >= 4 is 11.3 Å². The van der Waals surface area contributed by atoms with Gasteiger partial charge in [0.1, 0.15) is 0 Å². The monoisotopic (exact) mass is 319 g/mol. The molecule has 3 nitrogen and oxygen atoms in total. The highest BCUT2D eigenvalue weighted by Gasteiger charge is 2.10. The molecule has 4 heteroatoms. The van der Waals surface area contributed by atoms with E-state index in [0.29, 0.717) is 0 Å². The first-order chi connectivity index (χ1) is 10.7. The van der Waals surface area contributed by atoms with Crippen molar-refractivity contribution in [3.8, 4) is 11.5 Å². The molecule has 1 unspecified atom stereocenters. The lowest BCUT2D eigenvalue weighted by atomic mass is 10.1. The maximum Gasteiger partial charge on any atom is 0.161 e. The number of hydrogen-bond acceptors (Lipinski definition) is 4. The second-order valence-electron chi connectivity index (χ2n) is 5.29. The van der Waals surface area contributed by atoms with Crippen LogP contribution < -0.4 is 14.8 Å². The lowest BCUT2D eigenvalue weighted by Crippen LogP contribution is -2.17. The van der Waals surface area contributed by atoms with Crippen molar-refractivity contribution in [2.75, 3.05) is 13.7 Å². The molecule has 0 fully saturated rings. The molecule has 0 saturated heterocycles. The summed E-state index contributed by atoms with van der Waals surface area (Å²) in [6.07, 6.45) is 2.19. The molecule has 0 aliphatic rings.